The first-order valence-electron chi connectivity index (χ1n) is 8.67. The van der Waals surface area contributed by atoms with E-state index in [1.54, 1.807) is 0 Å². The highest BCUT2D eigenvalue weighted by Gasteiger charge is 2.08. The van der Waals surface area contributed by atoms with Crippen molar-refractivity contribution in [3.63, 3.8) is 0 Å². The summed E-state index contributed by atoms with van der Waals surface area (Å²) in [7, 11) is -0.826. The summed E-state index contributed by atoms with van der Waals surface area (Å²) in [4.78, 5) is 2.11. The average molecular weight is 435 g/mol. The third kappa shape index (κ3) is 8.49. The minimum absolute atomic E-state index is 0. The molecule has 3 rings (SSSR count). The molecule has 0 unspecified atom stereocenters. The Balaban J connectivity index is 0.00000108. The van der Waals surface area contributed by atoms with Gasteiger partial charge in [-0.25, -0.2) is 18.6 Å². The Hall–Kier alpha value is -2.48. The molecule has 1 heterocycles. The minimum Gasteiger partial charge on any atom is -0.378 e. The Morgan fingerprint density at radius 3 is 1.97 bits per heavy atom. The molecule has 0 aliphatic carbocycles. The number of aryl methyl sites for hydroxylation is 1. The van der Waals surface area contributed by atoms with Crippen LogP contribution in [-0.4, -0.2) is 14.1 Å². The summed E-state index contributed by atoms with van der Waals surface area (Å²) in [6, 6.07) is 19.4. The molecule has 0 bridgehead atoms. The van der Waals surface area contributed by atoms with Gasteiger partial charge in [0, 0.05) is 31.9 Å². The number of halogens is 1. The van der Waals surface area contributed by atoms with Crippen molar-refractivity contribution in [2.75, 3.05) is 19.0 Å². The van der Waals surface area contributed by atoms with Crippen molar-refractivity contribution in [1.29, 1.82) is 0 Å². The Morgan fingerprint density at radius 2 is 1.43 bits per heavy atom. The summed E-state index contributed by atoms with van der Waals surface area (Å²) in [6.45, 7) is 3.16. The van der Waals surface area contributed by atoms with Crippen LogP contribution in [-0.2, 0) is 6.54 Å². The van der Waals surface area contributed by atoms with E-state index in [0.29, 0.717) is 0 Å². The molecule has 0 aliphatic rings. The molecule has 3 aromatic rings. The SMILES string of the molecule is C.C.CC[n+]1ccc(C=Cc2ccc(N(C)C)cc2)c2ccccc21.[O-][Cl+3]([O-])([O-])[O-]. The normalized spacial score (nSPS) is 10.6. The van der Waals surface area contributed by atoms with Gasteiger partial charge in [-0.3, -0.25) is 0 Å². The molecule has 30 heavy (non-hydrogen) atoms. The van der Waals surface area contributed by atoms with Crippen LogP contribution >= 0.6 is 0 Å². The zero-order valence-corrected chi connectivity index (χ0v) is 16.8. The van der Waals surface area contributed by atoms with Crippen LogP contribution in [0.5, 0.6) is 0 Å². The van der Waals surface area contributed by atoms with Crippen molar-refractivity contribution in [3.05, 3.63) is 71.9 Å². The van der Waals surface area contributed by atoms with Crippen molar-refractivity contribution in [1.82, 2.24) is 0 Å². The Bertz CT molecular complexity index is 930. The first kappa shape index (κ1) is 27.5. The highest BCUT2D eigenvalue weighted by atomic mass is 35.7. The highest BCUT2D eigenvalue weighted by Crippen LogP contribution is 2.19. The van der Waals surface area contributed by atoms with Crippen LogP contribution < -0.4 is 28.1 Å². The monoisotopic (exact) mass is 434 g/mol. The largest absolute Gasteiger partial charge is 0.378 e. The maximum atomic E-state index is 8.49. The van der Waals surface area contributed by atoms with Crippen LogP contribution in [0.15, 0.2) is 60.8 Å². The number of benzene rings is 2. The zero-order chi connectivity index (χ0) is 20.7. The molecule has 0 saturated carbocycles. The first-order valence-corrected chi connectivity index (χ1v) is 9.91. The van der Waals surface area contributed by atoms with E-state index in [1.807, 2.05) is 0 Å². The molecule has 0 fully saturated rings. The van der Waals surface area contributed by atoms with Crippen molar-refractivity contribution in [2.45, 2.75) is 28.3 Å². The van der Waals surface area contributed by atoms with Gasteiger partial charge in [0.2, 0.25) is 5.52 Å². The van der Waals surface area contributed by atoms with E-state index in [1.165, 1.54) is 27.7 Å². The molecule has 0 amide bonds. The fraction of sp³-hybridized carbons (Fsp3) is 0.261. The van der Waals surface area contributed by atoms with Crippen molar-refractivity contribution >= 4 is 28.7 Å². The highest BCUT2D eigenvalue weighted by molar-refractivity contribution is 5.88. The predicted octanol–water partition coefficient (Wildman–Crippen LogP) is 0.900. The number of anilines is 1. The van der Waals surface area contributed by atoms with Gasteiger partial charge in [0.25, 0.3) is 0 Å². The van der Waals surface area contributed by atoms with Gasteiger partial charge in [0.1, 0.15) is 6.54 Å². The van der Waals surface area contributed by atoms with Gasteiger partial charge in [-0.1, -0.05) is 51.3 Å². The van der Waals surface area contributed by atoms with Crippen LogP contribution in [0.25, 0.3) is 23.1 Å². The van der Waals surface area contributed by atoms with E-state index < -0.39 is 10.2 Å². The molecule has 0 aliphatic heterocycles. The molecular weight excluding hydrogens is 404 g/mol. The number of para-hydroxylation sites is 1. The van der Waals surface area contributed by atoms with Crippen molar-refractivity contribution < 1.29 is 33.4 Å². The topological polar surface area (TPSA) is 99.4 Å². The Morgan fingerprint density at radius 1 is 0.867 bits per heavy atom. The number of hydrogen-bond acceptors (Lipinski definition) is 5. The van der Waals surface area contributed by atoms with E-state index in [2.05, 4.69) is 103 Å². The molecule has 0 radical (unpaired) electrons. The van der Waals surface area contributed by atoms with Gasteiger partial charge in [-0.05, 0) is 36.2 Å². The standard InChI is InChI=1S/C21H23N2.2CH4.ClHO4/c1-4-23-16-15-18(20-7-5-6-8-21(20)23)12-9-17-10-13-19(14-11-17)22(2)3;;;2-1(3,4)5/h5-16H,4H2,1-3H3;2*1H4;(H,2,3,4,5)/q+1;;;/p-1. The van der Waals surface area contributed by atoms with Crippen molar-refractivity contribution in [3.8, 4) is 0 Å². The van der Waals surface area contributed by atoms with Gasteiger partial charge in [0.05, 0.1) is 5.39 Å². The molecule has 0 spiro atoms. The summed E-state index contributed by atoms with van der Waals surface area (Å²) >= 11 is 0. The number of hydrogen-bond donors (Lipinski definition) is 0. The second-order valence-electron chi connectivity index (χ2n) is 6.27. The maximum absolute atomic E-state index is 8.49. The van der Waals surface area contributed by atoms with E-state index in [4.69, 9.17) is 18.6 Å². The fourth-order valence-corrected chi connectivity index (χ4v) is 2.80. The summed E-state index contributed by atoms with van der Waals surface area (Å²) in [5.41, 5.74) is 4.96. The van der Waals surface area contributed by atoms with E-state index in [0.717, 1.165) is 6.54 Å². The fourth-order valence-electron chi connectivity index (χ4n) is 2.80. The van der Waals surface area contributed by atoms with Crippen molar-refractivity contribution in [2.24, 2.45) is 0 Å². The lowest BCUT2D eigenvalue weighted by atomic mass is 10.1. The number of fused-ring (bicyclic) bond motifs is 1. The second-order valence-corrected chi connectivity index (χ2v) is 7.03. The molecule has 164 valence electrons. The molecule has 1 aromatic heterocycles. The predicted molar refractivity (Wildman–Crippen MR) is 113 cm³/mol. The molecule has 7 heteroatoms. The number of nitrogens with zero attached hydrogens (tertiary/aromatic N) is 2. The van der Waals surface area contributed by atoms with Gasteiger partial charge in [-0.15, -0.1) is 10.2 Å². The second kappa shape index (κ2) is 12.3. The smallest absolute Gasteiger partial charge is 0.213 e. The third-order valence-electron chi connectivity index (χ3n) is 4.16. The van der Waals surface area contributed by atoms with Crippen LogP contribution in [0.3, 0.4) is 0 Å². The van der Waals surface area contributed by atoms with Gasteiger partial charge >= 0.3 is 0 Å². The van der Waals surface area contributed by atoms with E-state index in [9.17, 15) is 0 Å². The number of pyridine rings is 1. The molecular formula is C23H31ClN2O4. The maximum Gasteiger partial charge on any atom is 0.213 e. The van der Waals surface area contributed by atoms with Gasteiger partial charge in [-0.2, -0.15) is 4.57 Å². The molecule has 0 saturated heterocycles. The quantitative estimate of drug-likeness (QED) is 0.568. The van der Waals surface area contributed by atoms with Crippen LogP contribution in [0, 0.1) is 10.2 Å². The lowest BCUT2D eigenvalue weighted by molar-refractivity contribution is -2.00. The molecule has 6 nitrogen and oxygen atoms in total. The average Bonchev–Trinajstić information content (AvgIpc) is 2.65. The lowest BCUT2D eigenvalue weighted by Gasteiger charge is -2.17. The first-order chi connectivity index (χ1) is 13.2. The summed E-state index contributed by atoms with van der Waals surface area (Å²) < 4.78 is 36.2. The molecule has 0 atom stereocenters. The lowest BCUT2D eigenvalue weighted by Crippen LogP contribution is -2.68. The van der Waals surface area contributed by atoms with Crippen LogP contribution in [0.2, 0.25) is 0 Å². The van der Waals surface area contributed by atoms with Gasteiger partial charge < -0.3 is 4.90 Å². The summed E-state index contributed by atoms with van der Waals surface area (Å²) in [5.74, 6) is 0. The Labute approximate surface area is 181 Å². The zero-order valence-electron chi connectivity index (χ0n) is 16.0. The van der Waals surface area contributed by atoms with E-state index >= 15 is 0 Å². The number of aromatic nitrogens is 1. The summed E-state index contributed by atoms with van der Waals surface area (Å²) in [6.07, 6.45) is 6.54. The third-order valence-corrected chi connectivity index (χ3v) is 4.16. The van der Waals surface area contributed by atoms with E-state index in [-0.39, 0.29) is 14.9 Å². The molecule has 2 aromatic carbocycles. The summed E-state index contributed by atoms with van der Waals surface area (Å²) in [5, 5.41) is 1.29. The Kier molecular flexibility index (Phi) is 11.3. The minimum atomic E-state index is -4.94. The molecule has 0 N–H and O–H groups in total. The van der Waals surface area contributed by atoms with Gasteiger partial charge in [0.15, 0.2) is 6.20 Å². The van der Waals surface area contributed by atoms with Crippen LogP contribution in [0.4, 0.5) is 5.69 Å². The van der Waals surface area contributed by atoms with Crippen LogP contribution in [0.1, 0.15) is 32.9 Å². The number of rotatable bonds is 4.